The van der Waals surface area contributed by atoms with E-state index in [1.165, 1.54) is 0 Å². The van der Waals surface area contributed by atoms with Crippen LogP contribution >= 0.6 is 0 Å². The quantitative estimate of drug-likeness (QED) is 0.638. The number of rotatable bonds is 1. The van der Waals surface area contributed by atoms with Crippen LogP contribution in [-0.4, -0.2) is 34.3 Å². The van der Waals surface area contributed by atoms with E-state index in [9.17, 15) is 4.79 Å². The molecule has 0 spiro atoms. The maximum atomic E-state index is 11.5. The molecule has 1 fully saturated rings. The molecule has 1 amide bonds. The second kappa shape index (κ2) is 4.03. The van der Waals surface area contributed by atoms with Gasteiger partial charge in [-0.1, -0.05) is 0 Å². The largest absolute Gasteiger partial charge is 0.354 e. The molecule has 1 aliphatic heterocycles. The summed E-state index contributed by atoms with van der Waals surface area (Å²) in [5.74, 6) is 1.19. The minimum atomic E-state index is 0.133. The van der Waals surface area contributed by atoms with Crippen molar-refractivity contribution in [3.05, 3.63) is 11.9 Å². The molecule has 0 aliphatic carbocycles. The van der Waals surface area contributed by atoms with E-state index in [0.717, 1.165) is 12.4 Å². The highest BCUT2D eigenvalue weighted by Gasteiger charge is 2.34. The van der Waals surface area contributed by atoms with Crippen molar-refractivity contribution in [1.29, 1.82) is 0 Å². The monoisotopic (exact) mass is 196 g/mol. The van der Waals surface area contributed by atoms with Gasteiger partial charge in [0.05, 0.1) is 6.04 Å². The number of allylic oxidation sites excluding steroid dienone is 1. The van der Waals surface area contributed by atoms with Gasteiger partial charge in [-0.15, -0.1) is 0 Å². The van der Waals surface area contributed by atoms with Crippen LogP contribution in [0.1, 0.15) is 34.6 Å². The van der Waals surface area contributed by atoms with Crippen LogP contribution in [0.15, 0.2) is 11.9 Å². The van der Waals surface area contributed by atoms with Crippen LogP contribution in [0, 0.1) is 0 Å². The average Bonchev–Trinajstić information content (AvgIpc) is 2.41. The van der Waals surface area contributed by atoms with Crippen molar-refractivity contribution in [3.63, 3.8) is 0 Å². The van der Waals surface area contributed by atoms with E-state index >= 15 is 0 Å². The molecule has 0 aromatic carbocycles. The molecule has 80 valence electrons. The van der Waals surface area contributed by atoms with Gasteiger partial charge in [0.1, 0.15) is 5.82 Å². The van der Waals surface area contributed by atoms with E-state index < -0.39 is 0 Å². The lowest BCUT2D eigenvalue weighted by Crippen LogP contribution is -2.32. The van der Waals surface area contributed by atoms with Gasteiger partial charge in [0.15, 0.2) is 0 Å². The fourth-order valence-electron chi connectivity index (χ4n) is 2.08. The Labute approximate surface area is 86.4 Å². The summed E-state index contributed by atoms with van der Waals surface area (Å²) >= 11 is 0. The lowest BCUT2D eigenvalue weighted by atomic mass is 10.3. The number of nitrogens with zero attached hydrogens (tertiary/aromatic N) is 2. The minimum Gasteiger partial charge on any atom is -0.354 e. The van der Waals surface area contributed by atoms with Gasteiger partial charge in [-0.2, -0.15) is 0 Å². The summed E-state index contributed by atoms with van der Waals surface area (Å²) in [6, 6.07) is 0.745. The van der Waals surface area contributed by atoms with Crippen LogP contribution in [0.5, 0.6) is 0 Å². The Morgan fingerprint density at radius 2 is 2.14 bits per heavy atom. The summed E-state index contributed by atoms with van der Waals surface area (Å²) < 4.78 is 0. The molecule has 0 bridgehead atoms. The Hall–Kier alpha value is -0.990. The molecule has 0 saturated carbocycles. The highest BCUT2D eigenvalue weighted by Crippen LogP contribution is 2.25. The molecule has 0 N–H and O–H groups in total. The molecule has 14 heavy (non-hydrogen) atoms. The SMILES string of the molecule is C/C=C1/N(C(C)C)C[C@H](C)N1C(C)=O. The Morgan fingerprint density at radius 1 is 1.57 bits per heavy atom. The first-order valence-corrected chi connectivity index (χ1v) is 5.21. The fraction of sp³-hybridized carbons (Fsp3) is 0.727. The van der Waals surface area contributed by atoms with E-state index in [2.05, 4.69) is 25.7 Å². The van der Waals surface area contributed by atoms with Crippen molar-refractivity contribution in [2.24, 2.45) is 0 Å². The summed E-state index contributed by atoms with van der Waals surface area (Å²) in [4.78, 5) is 15.6. The maximum Gasteiger partial charge on any atom is 0.225 e. The molecule has 1 rings (SSSR count). The van der Waals surface area contributed by atoms with Crippen molar-refractivity contribution in [3.8, 4) is 0 Å². The molecule has 3 heteroatoms. The number of carbonyl (C=O) groups is 1. The second-order valence-electron chi connectivity index (χ2n) is 4.13. The molecule has 0 aromatic heterocycles. The highest BCUT2D eigenvalue weighted by atomic mass is 16.2. The number of carbonyl (C=O) groups excluding carboxylic acids is 1. The lowest BCUT2D eigenvalue weighted by Gasteiger charge is -2.26. The zero-order chi connectivity index (χ0) is 10.9. The van der Waals surface area contributed by atoms with Gasteiger partial charge in [-0.05, 0) is 33.8 Å². The first-order valence-electron chi connectivity index (χ1n) is 5.21. The molecule has 1 heterocycles. The standard InChI is InChI=1S/C11H20N2O/c1-6-11-12(8(2)3)7-9(4)13(11)10(5)14/h6,8-9H,7H2,1-5H3/b11-6-/t9-/m0/s1. The third kappa shape index (κ3) is 1.76. The third-order valence-electron chi connectivity index (χ3n) is 2.66. The van der Waals surface area contributed by atoms with Crippen molar-refractivity contribution in [2.75, 3.05) is 6.54 Å². The molecule has 0 radical (unpaired) electrons. The van der Waals surface area contributed by atoms with E-state index in [1.807, 2.05) is 17.9 Å². The van der Waals surface area contributed by atoms with Crippen molar-refractivity contribution >= 4 is 5.91 Å². The summed E-state index contributed by atoms with van der Waals surface area (Å²) in [7, 11) is 0. The van der Waals surface area contributed by atoms with Gasteiger partial charge in [0.2, 0.25) is 5.91 Å². The zero-order valence-electron chi connectivity index (χ0n) is 9.74. The van der Waals surface area contributed by atoms with Crippen LogP contribution < -0.4 is 0 Å². The fourth-order valence-corrected chi connectivity index (χ4v) is 2.08. The predicted octanol–water partition coefficient (Wildman–Crippen LogP) is 1.81. The summed E-state index contributed by atoms with van der Waals surface area (Å²) in [5, 5.41) is 0. The smallest absolute Gasteiger partial charge is 0.225 e. The normalized spacial score (nSPS) is 25.3. The van der Waals surface area contributed by atoms with Crippen molar-refractivity contribution in [2.45, 2.75) is 46.7 Å². The topological polar surface area (TPSA) is 23.6 Å². The van der Waals surface area contributed by atoms with E-state index in [0.29, 0.717) is 12.1 Å². The Bertz CT molecular complexity index is 258. The number of hydrogen-bond donors (Lipinski definition) is 0. The summed E-state index contributed by atoms with van der Waals surface area (Å²) in [6.07, 6.45) is 2.02. The van der Waals surface area contributed by atoms with Crippen molar-refractivity contribution in [1.82, 2.24) is 9.80 Å². The Kier molecular flexibility index (Phi) is 3.19. The molecule has 1 atom stereocenters. The third-order valence-corrected chi connectivity index (χ3v) is 2.66. The van der Waals surface area contributed by atoms with Gasteiger partial charge in [-0.3, -0.25) is 9.69 Å². The van der Waals surface area contributed by atoms with Crippen LogP contribution in [0.25, 0.3) is 0 Å². The lowest BCUT2D eigenvalue weighted by molar-refractivity contribution is -0.127. The highest BCUT2D eigenvalue weighted by molar-refractivity contribution is 5.76. The summed E-state index contributed by atoms with van der Waals surface area (Å²) in [5.41, 5.74) is 0. The molecule has 1 aliphatic rings. The van der Waals surface area contributed by atoms with E-state index in [-0.39, 0.29) is 5.91 Å². The zero-order valence-corrected chi connectivity index (χ0v) is 9.74. The van der Waals surface area contributed by atoms with Gasteiger partial charge < -0.3 is 4.90 Å². The number of amides is 1. The summed E-state index contributed by atoms with van der Waals surface area (Å²) in [6.45, 7) is 11.0. The van der Waals surface area contributed by atoms with Crippen LogP contribution in [0.2, 0.25) is 0 Å². The molecule has 0 unspecified atom stereocenters. The second-order valence-corrected chi connectivity index (χ2v) is 4.13. The van der Waals surface area contributed by atoms with Gasteiger partial charge in [-0.25, -0.2) is 0 Å². The van der Waals surface area contributed by atoms with Crippen LogP contribution in [0.4, 0.5) is 0 Å². The van der Waals surface area contributed by atoms with Gasteiger partial charge >= 0.3 is 0 Å². The first kappa shape index (κ1) is 11.1. The van der Waals surface area contributed by atoms with E-state index in [4.69, 9.17) is 0 Å². The average molecular weight is 196 g/mol. The molecular formula is C11H20N2O. The molecule has 1 saturated heterocycles. The molecule has 3 nitrogen and oxygen atoms in total. The van der Waals surface area contributed by atoms with Crippen molar-refractivity contribution < 1.29 is 4.79 Å². The van der Waals surface area contributed by atoms with Crippen LogP contribution in [-0.2, 0) is 4.79 Å². The van der Waals surface area contributed by atoms with E-state index in [1.54, 1.807) is 6.92 Å². The Morgan fingerprint density at radius 3 is 2.50 bits per heavy atom. The van der Waals surface area contributed by atoms with Gasteiger partial charge in [0.25, 0.3) is 0 Å². The maximum absolute atomic E-state index is 11.5. The first-order chi connectivity index (χ1) is 6.49. The predicted molar refractivity (Wildman–Crippen MR) is 57.6 cm³/mol. The molecule has 0 aromatic rings. The number of hydrogen-bond acceptors (Lipinski definition) is 2. The van der Waals surface area contributed by atoms with Gasteiger partial charge in [0, 0.05) is 19.5 Å². The molecular weight excluding hydrogens is 176 g/mol. The van der Waals surface area contributed by atoms with Crippen LogP contribution in [0.3, 0.4) is 0 Å². The minimum absolute atomic E-state index is 0.133. The Balaban J connectivity index is 2.95.